The summed E-state index contributed by atoms with van der Waals surface area (Å²) in [6, 6.07) is 10.9. The zero-order valence-electron chi connectivity index (χ0n) is 14.7. The summed E-state index contributed by atoms with van der Waals surface area (Å²) < 4.78 is 5.51. The lowest BCUT2D eigenvalue weighted by molar-refractivity contribution is -0.385. The van der Waals surface area contributed by atoms with Gasteiger partial charge in [-0.05, 0) is 31.2 Å². The first-order valence-electron chi connectivity index (χ1n) is 8.01. The van der Waals surface area contributed by atoms with E-state index in [4.69, 9.17) is 4.74 Å². The highest BCUT2D eigenvalue weighted by Gasteiger charge is 2.16. The summed E-state index contributed by atoms with van der Waals surface area (Å²) in [5.41, 5.74) is 0.762. The van der Waals surface area contributed by atoms with Crippen molar-refractivity contribution in [3.05, 3.63) is 68.2 Å². The van der Waals surface area contributed by atoms with E-state index in [1.807, 2.05) is 0 Å². The van der Waals surface area contributed by atoms with Gasteiger partial charge in [-0.25, -0.2) is 0 Å². The lowest BCUT2D eigenvalue weighted by atomic mass is 10.1. The van der Waals surface area contributed by atoms with Crippen molar-refractivity contribution in [2.24, 2.45) is 0 Å². The molecule has 28 heavy (non-hydrogen) atoms. The van der Waals surface area contributed by atoms with Gasteiger partial charge >= 0.3 is 5.97 Å². The molecule has 2 aromatic carbocycles. The van der Waals surface area contributed by atoms with Crippen LogP contribution in [-0.4, -0.2) is 35.9 Å². The monoisotopic (exact) mass is 449 g/mol. The van der Waals surface area contributed by atoms with Gasteiger partial charge in [0.25, 0.3) is 17.5 Å². The molecule has 10 heteroatoms. The van der Waals surface area contributed by atoms with Gasteiger partial charge in [0.05, 0.1) is 16.2 Å². The fourth-order valence-electron chi connectivity index (χ4n) is 2.22. The molecule has 0 aromatic heterocycles. The number of nitro benzene ring substituents is 1. The third kappa shape index (κ3) is 5.88. The molecule has 2 rings (SSSR count). The smallest absolute Gasteiger partial charge is 0.325 e. The number of carbonyl (C=O) groups excluding carboxylic acids is 3. The molecule has 0 aliphatic rings. The summed E-state index contributed by atoms with van der Waals surface area (Å²) in [4.78, 5) is 45.9. The van der Waals surface area contributed by atoms with E-state index in [2.05, 4.69) is 26.6 Å². The number of anilines is 1. The number of hydrogen-bond acceptors (Lipinski definition) is 6. The van der Waals surface area contributed by atoms with Crippen LogP contribution in [0.4, 0.5) is 11.4 Å². The Morgan fingerprint density at radius 2 is 1.89 bits per heavy atom. The number of hydrogen-bond donors (Lipinski definition) is 2. The number of amides is 2. The minimum absolute atomic E-state index is 0.134. The summed E-state index contributed by atoms with van der Waals surface area (Å²) in [6.07, 6.45) is 0. The molecule has 0 aliphatic heterocycles. The van der Waals surface area contributed by atoms with Crippen molar-refractivity contribution in [3.63, 3.8) is 0 Å². The van der Waals surface area contributed by atoms with Crippen LogP contribution in [0.2, 0.25) is 0 Å². The maximum Gasteiger partial charge on any atom is 0.325 e. The summed E-state index contributed by atoms with van der Waals surface area (Å²) >= 11 is 3.24. The van der Waals surface area contributed by atoms with Gasteiger partial charge in [0, 0.05) is 16.1 Å². The van der Waals surface area contributed by atoms with Crippen molar-refractivity contribution in [1.29, 1.82) is 0 Å². The van der Waals surface area contributed by atoms with Gasteiger partial charge in [0.1, 0.15) is 6.54 Å². The van der Waals surface area contributed by atoms with E-state index in [1.54, 1.807) is 24.3 Å². The minimum Gasteiger partial charge on any atom is -0.454 e. The first-order chi connectivity index (χ1) is 13.3. The zero-order valence-corrected chi connectivity index (χ0v) is 16.3. The van der Waals surface area contributed by atoms with Crippen LogP contribution >= 0.6 is 15.9 Å². The molecule has 2 N–H and O–H groups in total. The molecule has 0 unspecified atom stereocenters. The number of nitrogens with one attached hydrogen (secondary N) is 2. The molecule has 0 heterocycles. The second-order valence-electron chi connectivity index (χ2n) is 5.61. The molecule has 0 atom stereocenters. The fourth-order valence-corrected chi connectivity index (χ4v) is 2.62. The van der Waals surface area contributed by atoms with E-state index in [1.165, 1.54) is 25.1 Å². The number of halogens is 1. The normalized spacial score (nSPS) is 10.1. The van der Waals surface area contributed by atoms with Crippen LogP contribution in [0.5, 0.6) is 0 Å². The Labute approximate surface area is 168 Å². The number of nitro groups is 1. The van der Waals surface area contributed by atoms with Gasteiger partial charge in [-0.3, -0.25) is 24.5 Å². The van der Waals surface area contributed by atoms with Gasteiger partial charge in [-0.1, -0.05) is 28.1 Å². The highest BCUT2D eigenvalue weighted by molar-refractivity contribution is 9.10. The van der Waals surface area contributed by atoms with E-state index in [9.17, 15) is 24.5 Å². The first kappa shape index (κ1) is 21.0. The van der Waals surface area contributed by atoms with Crippen LogP contribution in [0.1, 0.15) is 15.9 Å². The molecule has 0 saturated carbocycles. The molecular weight excluding hydrogens is 434 g/mol. The molecule has 0 spiro atoms. The molecule has 0 radical (unpaired) electrons. The van der Waals surface area contributed by atoms with Gasteiger partial charge < -0.3 is 15.4 Å². The van der Waals surface area contributed by atoms with Gasteiger partial charge in [-0.15, -0.1) is 0 Å². The Morgan fingerprint density at radius 1 is 1.18 bits per heavy atom. The largest absolute Gasteiger partial charge is 0.454 e. The van der Waals surface area contributed by atoms with E-state index < -0.39 is 35.9 Å². The van der Waals surface area contributed by atoms with Gasteiger partial charge in [0.15, 0.2) is 6.61 Å². The fraction of sp³-hybridized carbons (Fsp3) is 0.167. The molecule has 146 valence electrons. The first-order valence-corrected chi connectivity index (χ1v) is 8.80. The van der Waals surface area contributed by atoms with E-state index in [0.29, 0.717) is 5.56 Å². The van der Waals surface area contributed by atoms with Crippen LogP contribution < -0.4 is 10.6 Å². The van der Waals surface area contributed by atoms with Crippen LogP contribution in [0.15, 0.2) is 46.9 Å². The van der Waals surface area contributed by atoms with Crippen molar-refractivity contribution in [2.45, 2.75) is 6.92 Å². The van der Waals surface area contributed by atoms with Gasteiger partial charge in [-0.2, -0.15) is 0 Å². The average Bonchev–Trinajstić information content (AvgIpc) is 2.65. The Bertz CT molecular complexity index is 931. The van der Waals surface area contributed by atoms with Crippen molar-refractivity contribution >= 4 is 45.1 Å². The number of carbonyl (C=O) groups is 3. The van der Waals surface area contributed by atoms with Crippen molar-refractivity contribution in [2.75, 3.05) is 18.5 Å². The standard InChI is InChI=1S/C18H16BrN3O6/c1-11-14(6-3-7-15(11)22(26)27)21-16(23)10-28-17(24)9-20-18(25)12-4-2-5-13(19)8-12/h2-8H,9-10H2,1H3,(H,20,25)(H,21,23). The molecule has 0 saturated heterocycles. The van der Waals surface area contributed by atoms with Gasteiger partial charge in [0.2, 0.25) is 0 Å². The minimum atomic E-state index is -0.797. The maximum absolute atomic E-state index is 11.9. The predicted octanol–water partition coefficient (Wildman–Crippen LogP) is 2.58. The molecule has 2 aromatic rings. The summed E-state index contributed by atoms with van der Waals surface area (Å²) in [5.74, 6) is -1.92. The number of ether oxygens (including phenoxy) is 1. The zero-order chi connectivity index (χ0) is 20.7. The van der Waals surface area contributed by atoms with Crippen LogP contribution in [0.3, 0.4) is 0 Å². The van der Waals surface area contributed by atoms with E-state index in [-0.39, 0.29) is 16.9 Å². The topological polar surface area (TPSA) is 128 Å². The molecule has 2 amide bonds. The lowest BCUT2D eigenvalue weighted by Gasteiger charge is -2.09. The predicted molar refractivity (Wildman–Crippen MR) is 104 cm³/mol. The second-order valence-corrected chi connectivity index (χ2v) is 6.52. The van der Waals surface area contributed by atoms with Crippen LogP contribution in [0.25, 0.3) is 0 Å². The number of nitrogens with zero attached hydrogens (tertiary/aromatic N) is 1. The second kappa shape index (κ2) is 9.60. The van der Waals surface area contributed by atoms with E-state index in [0.717, 1.165) is 4.47 Å². The summed E-state index contributed by atoms with van der Waals surface area (Å²) in [6.45, 7) is 0.499. The number of benzene rings is 2. The van der Waals surface area contributed by atoms with Crippen LogP contribution in [0, 0.1) is 17.0 Å². The Balaban J connectivity index is 1.81. The third-order valence-electron chi connectivity index (χ3n) is 3.62. The summed E-state index contributed by atoms with van der Waals surface area (Å²) in [7, 11) is 0. The number of esters is 1. The van der Waals surface area contributed by atoms with Crippen molar-refractivity contribution in [1.82, 2.24) is 5.32 Å². The Kier molecular flexibility index (Phi) is 7.21. The highest BCUT2D eigenvalue weighted by atomic mass is 79.9. The quantitative estimate of drug-likeness (QED) is 0.379. The molecule has 0 bridgehead atoms. The number of rotatable bonds is 7. The lowest BCUT2D eigenvalue weighted by Crippen LogP contribution is -2.32. The molecule has 0 aliphatic carbocycles. The van der Waals surface area contributed by atoms with Crippen molar-refractivity contribution < 1.29 is 24.0 Å². The molecule has 9 nitrogen and oxygen atoms in total. The third-order valence-corrected chi connectivity index (χ3v) is 4.11. The maximum atomic E-state index is 11.9. The Hall–Kier alpha value is -3.27. The average molecular weight is 450 g/mol. The molecular formula is C18H16BrN3O6. The summed E-state index contributed by atoms with van der Waals surface area (Å²) in [5, 5.41) is 15.7. The van der Waals surface area contributed by atoms with E-state index >= 15 is 0 Å². The van der Waals surface area contributed by atoms with Crippen molar-refractivity contribution in [3.8, 4) is 0 Å². The highest BCUT2D eigenvalue weighted by Crippen LogP contribution is 2.24. The molecule has 0 fully saturated rings. The Morgan fingerprint density at radius 3 is 2.57 bits per heavy atom. The SMILES string of the molecule is Cc1c(NC(=O)COC(=O)CNC(=O)c2cccc(Br)c2)cccc1[N+](=O)[O-]. The van der Waals surface area contributed by atoms with Crippen LogP contribution in [-0.2, 0) is 14.3 Å².